The highest BCUT2D eigenvalue weighted by molar-refractivity contribution is 7.90. The number of aromatic amines is 1. The number of aryl methyl sites for hydroxylation is 1. The summed E-state index contributed by atoms with van der Waals surface area (Å²) < 4.78 is 23.7. The summed E-state index contributed by atoms with van der Waals surface area (Å²) in [5, 5.41) is 0. The van der Waals surface area contributed by atoms with E-state index in [0.29, 0.717) is 17.7 Å². The fourth-order valence-corrected chi connectivity index (χ4v) is 2.02. The van der Waals surface area contributed by atoms with Crippen LogP contribution in [0.25, 0.3) is 0 Å². The van der Waals surface area contributed by atoms with Gasteiger partial charge in [-0.2, -0.15) is 0 Å². The highest BCUT2D eigenvalue weighted by Crippen LogP contribution is 1.94. The highest BCUT2D eigenvalue weighted by atomic mass is 32.2. The molecule has 7 heteroatoms. The van der Waals surface area contributed by atoms with Crippen molar-refractivity contribution < 1.29 is 8.42 Å². The van der Waals surface area contributed by atoms with Crippen LogP contribution in [0.4, 0.5) is 0 Å². The Labute approximate surface area is 92.7 Å². The lowest BCUT2D eigenvalue weighted by Crippen LogP contribution is -2.13. The van der Waals surface area contributed by atoms with Crippen LogP contribution in [0.1, 0.15) is 6.42 Å². The van der Waals surface area contributed by atoms with E-state index in [1.54, 1.807) is 10.8 Å². The molecular formula is C8H12N2O3S2. The smallest absolute Gasteiger partial charge is 0.251 e. The minimum Gasteiger partial charge on any atom is -0.325 e. The van der Waals surface area contributed by atoms with Crippen LogP contribution in [-0.2, 0) is 16.4 Å². The molecule has 1 aromatic heterocycles. The lowest BCUT2D eigenvalue weighted by molar-refractivity contribution is 0.588. The molecule has 1 heterocycles. The fourth-order valence-electron chi connectivity index (χ4n) is 1.12. The van der Waals surface area contributed by atoms with Crippen LogP contribution in [0, 0.1) is 4.77 Å². The van der Waals surface area contributed by atoms with E-state index in [0.717, 1.165) is 0 Å². The first kappa shape index (κ1) is 12.1. The average molecular weight is 248 g/mol. The molecule has 0 saturated carbocycles. The number of nitrogens with zero attached hydrogens (tertiary/aromatic N) is 1. The molecule has 0 amide bonds. The quantitative estimate of drug-likeness (QED) is 0.780. The SMILES string of the molecule is CS(=O)(=O)CCCn1ccc(=O)[nH]c1=S. The lowest BCUT2D eigenvalue weighted by Gasteiger charge is -2.04. The Kier molecular flexibility index (Phi) is 3.81. The molecule has 0 aliphatic carbocycles. The summed E-state index contributed by atoms with van der Waals surface area (Å²) >= 11 is 4.90. The van der Waals surface area contributed by atoms with Crippen molar-refractivity contribution in [2.75, 3.05) is 12.0 Å². The number of hydrogen-bond donors (Lipinski definition) is 1. The number of rotatable bonds is 4. The van der Waals surface area contributed by atoms with E-state index in [-0.39, 0.29) is 11.3 Å². The van der Waals surface area contributed by atoms with E-state index in [1.165, 1.54) is 12.3 Å². The van der Waals surface area contributed by atoms with Gasteiger partial charge in [0, 0.05) is 25.1 Å². The van der Waals surface area contributed by atoms with Gasteiger partial charge < -0.3 is 4.57 Å². The van der Waals surface area contributed by atoms with Crippen LogP contribution < -0.4 is 5.56 Å². The summed E-state index contributed by atoms with van der Waals surface area (Å²) in [5.74, 6) is 0.119. The molecule has 0 radical (unpaired) electrons. The van der Waals surface area contributed by atoms with Crippen LogP contribution in [0.5, 0.6) is 0 Å². The van der Waals surface area contributed by atoms with Gasteiger partial charge in [-0.15, -0.1) is 0 Å². The maximum Gasteiger partial charge on any atom is 0.251 e. The number of aromatic nitrogens is 2. The van der Waals surface area contributed by atoms with E-state index in [1.807, 2.05) is 0 Å². The zero-order valence-corrected chi connectivity index (χ0v) is 9.90. The van der Waals surface area contributed by atoms with Crippen molar-refractivity contribution in [2.45, 2.75) is 13.0 Å². The third kappa shape index (κ3) is 4.39. The second kappa shape index (κ2) is 4.71. The van der Waals surface area contributed by atoms with Crippen molar-refractivity contribution in [3.63, 3.8) is 0 Å². The number of hydrogen-bond acceptors (Lipinski definition) is 4. The van der Waals surface area contributed by atoms with Gasteiger partial charge in [-0.3, -0.25) is 9.78 Å². The minimum atomic E-state index is -2.93. The second-order valence-corrected chi connectivity index (χ2v) is 5.93. The summed E-state index contributed by atoms with van der Waals surface area (Å²) in [6.45, 7) is 0.489. The van der Waals surface area contributed by atoms with Crippen molar-refractivity contribution in [3.8, 4) is 0 Å². The molecule has 0 atom stereocenters. The van der Waals surface area contributed by atoms with Crippen LogP contribution >= 0.6 is 12.2 Å². The first-order valence-electron chi connectivity index (χ1n) is 4.36. The van der Waals surface area contributed by atoms with Gasteiger partial charge in [0.1, 0.15) is 9.84 Å². The summed E-state index contributed by atoms with van der Waals surface area (Å²) in [6.07, 6.45) is 3.24. The van der Waals surface area contributed by atoms with Gasteiger partial charge in [0.15, 0.2) is 4.77 Å². The third-order valence-electron chi connectivity index (χ3n) is 1.81. The fraction of sp³-hybridized carbons (Fsp3) is 0.500. The van der Waals surface area contributed by atoms with E-state index >= 15 is 0 Å². The van der Waals surface area contributed by atoms with Gasteiger partial charge in [0.25, 0.3) is 5.56 Å². The molecule has 1 N–H and O–H groups in total. The molecular weight excluding hydrogens is 236 g/mol. The maximum absolute atomic E-state index is 10.9. The van der Waals surface area contributed by atoms with E-state index in [4.69, 9.17) is 12.2 Å². The molecule has 15 heavy (non-hydrogen) atoms. The van der Waals surface area contributed by atoms with Crippen molar-refractivity contribution in [3.05, 3.63) is 27.4 Å². The van der Waals surface area contributed by atoms with Gasteiger partial charge in [-0.05, 0) is 18.6 Å². The number of H-pyrrole nitrogens is 1. The predicted octanol–water partition coefficient (Wildman–Crippen LogP) is 0.341. The number of nitrogens with one attached hydrogen (secondary N) is 1. The molecule has 0 saturated heterocycles. The van der Waals surface area contributed by atoms with Gasteiger partial charge in [0.2, 0.25) is 0 Å². The monoisotopic (exact) mass is 248 g/mol. The highest BCUT2D eigenvalue weighted by Gasteiger charge is 2.01. The van der Waals surface area contributed by atoms with Gasteiger partial charge in [-0.25, -0.2) is 8.42 Å². The first-order chi connectivity index (χ1) is 6.88. The van der Waals surface area contributed by atoms with Crippen molar-refractivity contribution in [2.24, 2.45) is 0 Å². The third-order valence-corrected chi connectivity index (χ3v) is 3.18. The second-order valence-electron chi connectivity index (χ2n) is 3.29. The van der Waals surface area contributed by atoms with E-state index in [9.17, 15) is 13.2 Å². The normalized spacial score (nSPS) is 11.5. The largest absolute Gasteiger partial charge is 0.325 e. The lowest BCUT2D eigenvalue weighted by atomic mass is 10.5. The Morgan fingerprint density at radius 3 is 2.73 bits per heavy atom. The van der Waals surface area contributed by atoms with E-state index in [2.05, 4.69) is 4.98 Å². The van der Waals surface area contributed by atoms with E-state index < -0.39 is 9.84 Å². The van der Waals surface area contributed by atoms with Crippen LogP contribution in [-0.4, -0.2) is 30.0 Å². The molecule has 0 aliphatic rings. The molecule has 1 aromatic rings. The summed E-state index contributed by atoms with van der Waals surface area (Å²) in [4.78, 5) is 13.3. The Bertz CT molecular complexity index is 541. The van der Waals surface area contributed by atoms with Crippen molar-refractivity contribution in [1.29, 1.82) is 0 Å². The molecule has 1 rings (SSSR count). The molecule has 5 nitrogen and oxygen atoms in total. The molecule has 0 spiro atoms. The zero-order chi connectivity index (χ0) is 11.5. The summed E-state index contributed by atoms with van der Waals surface area (Å²) in [6, 6.07) is 1.36. The predicted molar refractivity (Wildman–Crippen MR) is 60.2 cm³/mol. The molecule has 0 bridgehead atoms. The van der Waals surface area contributed by atoms with Gasteiger partial charge in [-0.1, -0.05) is 0 Å². The van der Waals surface area contributed by atoms with Crippen molar-refractivity contribution >= 4 is 22.1 Å². The summed E-state index contributed by atoms with van der Waals surface area (Å²) in [7, 11) is -2.93. The molecule has 84 valence electrons. The van der Waals surface area contributed by atoms with Crippen LogP contribution in [0.3, 0.4) is 0 Å². The topological polar surface area (TPSA) is 71.9 Å². The summed E-state index contributed by atoms with van der Waals surface area (Å²) in [5.41, 5.74) is -0.251. The van der Waals surface area contributed by atoms with Crippen LogP contribution in [0.15, 0.2) is 17.1 Å². The minimum absolute atomic E-state index is 0.119. The number of sulfone groups is 1. The zero-order valence-electron chi connectivity index (χ0n) is 8.26. The molecule has 0 aliphatic heterocycles. The Morgan fingerprint density at radius 2 is 2.20 bits per heavy atom. The Morgan fingerprint density at radius 1 is 1.53 bits per heavy atom. The Balaban J connectivity index is 2.67. The Hall–Kier alpha value is -0.950. The standard InChI is InChI=1S/C8H12N2O3S2/c1-15(12,13)6-2-4-10-5-3-7(11)9-8(10)14/h3,5H,2,4,6H2,1H3,(H,9,11,14). The van der Waals surface area contributed by atoms with Crippen molar-refractivity contribution in [1.82, 2.24) is 9.55 Å². The van der Waals surface area contributed by atoms with Crippen LogP contribution in [0.2, 0.25) is 0 Å². The maximum atomic E-state index is 10.9. The molecule has 0 fully saturated rings. The molecule has 0 unspecified atom stereocenters. The first-order valence-corrected chi connectivity index (χ1v) is 6.83. The van der Waals surface area contributed by atoms with Gasteiger partial charge in [0.05, 0.1) is 5.75 Å². The average Bonchev–Trinajstić information content (AvgIpc) is 2.07. The molecule has 0 aromatic carbocycles. The van der Waals surface area contributed by atoms with Gasteiger partial charge >= 0.3 is 0 Å².